The summed E-state index contributed by atoms with van der Waals surface area (Å²) in [5, 5.41) is 0. The number of benzene rings is 2. The number of carbonyl (C=O) groups excluding carboxylic acids is 1. The van der Waals surface area contributed by atoms with E-state index in [9.17, 15) is 4.79 Å². The number of hydrogen-bond donors (Lipinski definition) is 0. The molecule has 1 amide bonds. The molecule has 1 aliphatic rings. The maximum atomic E-state index is 12.9. The molecule has 1 aliphatic heterocycles. The highest BCUT2D eigenvalue weighted by Gasteiger charge is 2.27. The highest BCUT2D eigenvalue weighted by molar-refractivity contribution is 5.83. The first kappa shape index (κ1) is 18.4. The molecule has 1 fully saturated rings. The van der Waals surface area contributed by atoms with E-state index >= 15 is 0 Å². The lowest BCUT2D eigenvalue weighted by Crippen LogP contribution is -2.49. The maximum Gasteiger partial charge on any atom is 0.230 e. The molecular formula is C23H28N2O. The summed E-state index contributed by atoms with van der Waals surface area (Å²) in [5.74, 6) is 0.263. The molecule has 1 atom stereocenters. The number of piperazine rings is 1. The highest BCUT2D eigenvalue weighted by atomic mass is 16.2. The van der Waals surface area contributed by atoms with Crippen molar-refractivity contribution in [3.63, 3.8) is 0 Å². The zero-order valence-electron chi connectivity index (χ0n) is 15.6. The second-order valence-corrected chi connectivity index (χ2v) is 6.81. The van der Waals surface area contributed by atoms with Crippen molar-refractivity contribution in [3.8, 4) is 0 Å². The smallest absolute Gasteiger partial charge is 0.230 e. The van der Waals surface area contributed by atoms with Crippen LogP contribution in [0, 0.1) is 0 Å². The summed E-state index contributed by atoms with van der Waals surface area (Å²) in [5.41, 5.74) is 2.36. The van der Waals surface area contributed by atoms with Crippen LogP contribution in [0.15, 0.2) is 66.7 Å². The van der Waals surface area contributed by atoms with E-state index in [1.807, 2.05) is 29.2 Å². The zero-order chi connectivity index (χ0) is 18.2. The fourth-order valence-corrected chi connectivity index (χ4v) is 3.51. The Morgan fingerprint density at radius 2 is 1.58 bits per heavy atom. The average Bonchev–Trinajstić information content (AvgIpc) is 2.71. The zero-order valence-corrected chi connectivity index (χ0v) is 15.6. The van der Waals surface area contributed by atoms with Crippen LogP contribution in [0.5, 0.6) is 0 Å². The lowest BCUT2D eigenvalue weighted by Gasteiger charge is -2.36. The number of carbonyl (C=O) groups is 1. The van der Waals surface area contributed by atoms with Gasteiger partial charge in [-0.05, 0) is 17.5 Å². The quantitative estimate of drug-likeness (QED) is 0.787. The molecule has 3 nitrogen and oxygen atoms in total. The van der Waals surface area contributed by atoms with Crippen molar-refractivity contribution in [3.05, 3.63) is 77.9 Å². The van der Waals surface area contributed by atoms with Crippen molar-refractivity contribution >= 4 is 12.0 Å². The first-order valence-corrected chi connectivity index (χ1v) is 9.55. The van der Waals surface area contributed by atoms with E-state index in [1.54, 1.807) is 0 Å². The van der Waals surface area contributed by atoms with E-state index in [0.29, 0.717) is 0 Å². The molecule has 0 bridgehead atoms. The van der Waals surface area contributed by atoms with Crippen molar-refractivity contribution in [2.45, 2.75) is 19.3 Å². The molecule has 1 heterocycles. The summed E-state index contributed by atoms with van der Waals surface area (Å²) >= 11 is 0. The minimum atomic E-state index is -0.0132. The minimum Gasteiger partial charge on any atom is -0.340 e. The summed E-state index contributed by atoms with van der Waals surface area (Å²) in [4.78, 5) is 17.4. The second kappa shape index (κ2) is 9.35. The predicted octanol–water partition coefficient (Wildman–Crippen LogP) is 4.04. The Bertz CT molecular complexity index is 704. The van der Waals surface area contributed by atoms with Crippen LogP contribution < -0.4 is 0 Å². The summed E-state index contributed by atoms with van der Waals surface area (Å²) < 4.78 is 0. The van der Waals surface area contributed by atoms with Crippen molar-refractivity contribution in [2.24, 2.45) is 0 Å². The Balaban J connectivity index is 1.50. The predicted molar refractivity (Wildman–Crippen MR) is 108 cm³/mol. The largest absolute Gasteiger partial charge is 0.340 e. The Labute approximate surface area is 156 Å². The van der Waals surface area contributed by atoms with Crippen LogP contribution in [-0.4, -0.2) is 48.4 Å². The summed E-state index contributed by atoms with van der Waals surface area (Å²) in [6.07, 6.45) is 5.23. The first-order valence-electron chi connectivity index (χ1n) is 9.55. The van der Waals surface area contributed by atoms with Gasteiger partial charge >= 0.3 is 0 Å². The molecule has 0 saturated carbocycles. The summed E-state index contributed by atoms with van der Waals surface area (Å²) in [6, 6.07) is 20.5. The molecule has 2 aromatic carbocycles. The van der Waals surface area contributed by atoms with Crippen LogP contribution in [0.4, 0.5) is 0 Å². The van der Waals surface area contributed by atoms with Crippen LogP contribution in [0.25, 0.3) is 6.08 Å². The van der Waals surface area contributed by atoms with Gasteiger partial charge < -0.3 is 4.90 Å². The molecule has 1 saturated heterocycles. The monoisotopic (exact) mass is 348 g/mol. The Morgan fingerprint density at radius 1 is 0.962 bits per heavy atom. The molecule has 3 heteroatoms. The van der Waals surface area contributed by atoms with Crippen LogP contribution in [-0.2, 0) is 4.79 Å². The van der Waals surface area contributed by atoms with Crippen molar-refractivity contribution in [2.75, 3.05) is 32.7 Å². The van der Waals surface area contributed by atoms with Crippen LogP contribution in [0.3, 0.4) is 0 Å². The Hall–Kier alpha value is -2.39. The van der Waals surface area contributed by atoms with Gasteiger partial charge in [-0.3, -0.25) is 9.69 Å². The first-order chi connectivity index (χ1) is 12.8. The van der Waals surface area contributed by atoms with Gasteiger partial charge in [0.2, 0.25) is 5.91 Å². The maximum absolute atomic E-state index is 12.9. The van der Waals surface area contributed by atoms with Crippen molar-refractivity contribution < 1.29 is 4.79 Å². The third-order valence-corrected chi connectivity index (χ3v) is 5.07. The van der Waals surface area contributed by atoms with E-state index < -0.39 is 0 Å². The van der Waals surface area contributed by atoms with Gasteiger partial charge in [0.15, 0.2) is 0 Å². The average molecular weight is 348 g/mol. The fourth-order valence-electron chi connectivity index (χ4n) is 3.51. The third-order valence-electron chi connectivity index (χ3n) is 5.07. The van der Waals surface area contributed by atoms with Crippen molar-refractivity contribution in [1.29, 1.82) is 0 Å². The standard InChI is InChI=1S/C23H28N2O/c1-2-22(21-13-7-4-8-14-21)23(26)25-18-16-24(17-19-25)15-9-12-20-10-5-3-6-11-20/h3-14,22H,2,15-19H2,1H3. The van der Waals surface area contributed by atoms with Gasteiger partial charge in [-0.15, -0.1) is 0 Å². The molecule has 0 aliphatic carbocycles. The fraction of sp³-hybridized carbons (Fsp3) is 0.348. The molecule has 26 heavy (non-hydrogen) atoms. The number of amides is 1. The third kappa shape index (κ3) is 4.83. The van der Waals surface area contributed by atoms with Gasteiger partial charge in [0, 0.05) is 32.7 Å². The summed E-state index contributed by atoms with van der Waals surface area (Å²) in [6.45, 7) is 6.56. The molecule has 3 rings (SSSR count). The normalized spacial score (nSPS) is 16.7. The molecule has 0 N–H and O–H groups in total. The van der Waals surface area contributed by atoms with Gasteiger partial charge in [0.1, 0.15) is 0 Å². The van der Waals surface area contributed by atoms with Gasteiger partial charge in [-0.2, -0.15) is 0 Å². The van der Waals surface area contributed by atoms with E-state index in [4.69, 9.17) is 0 Å². The van der Waals surface area contributed by atoms with Gasteiger partial charge in [-0.25, -0.2) is 0 Å². The number of nitrogens with zero attached hydrogens (tertiary/aromatic N) is 2. The van der Waals surface area contributed by atoms with Crippen LogP contribution in [0.2, 0.25) is 0 Å². The molecule has 0 aromatic heterocycles. The molecule has 136 valence electrons. The van der Waals surface area contributed by atoms with E-state index in [0.717, 1.165) is 44.7 Å². The number of rotatable bonds is 6. The van der Waals surface area contributed by atoms with E-state index in [-0.39, 0.29) is 11.8 Å². The molecule has 1 unspecified atom stereocenters. The second-order valence-electron chi connectivity index (χ2n) is 6.81. The van der Waals surface area contributed by atoms with Crippen LogP contribution >= 0.6 is 0 Å². The van der Waals surface area contributed by atoms with Crippen LogP contribution in [0.1, 0.15) is 30.4 Å². The Morgan fingerprint density at radius 3 is 2.19 bits per heavy atom. The number of hydrogen-bond acceptors (Lipinski definition) is 2. The molecular weight excluding hydrogens is 320 g/mol. The SMILES string of the molecule is CCC(C(=O)N1CCN(CC=Cc2ccccc2)CC1)c1ccccc1. The molecule has 0 radical (unpaired) electrons. The van der Waals surface area contributed by atoms with Crippen molar-refractivity contribution in [1.82, 2.24) is 9.80 Å². The Kier molecular flexibility index (Phi) is 6.62. The summed E-state index contributed by atoms with van der Waals surface area (Å²) in [7, 11) is 0. The topological polar surface area (TPSA) is 23.6 Å². The van der Waals surface area contributed by atoms with Gasteiger partial charge in [0.25, 0.3) is 0 Å². The lowest BCUT2D eigenvalue weighted by molar-refractivity contribution is -0.134. The highest BCUT2D eigenvalue weighted by Crippen LogP contribution is 2.22. The molecule has 2 aromatic rings. The van der Waals surface area contributed by atoms with E-state index in [2.05, 4.69) is 60.4 Å². The molecule has 0 spiro atoms. The minimum absolute atomic E-state index is 0.0132. The lowest BCUT2D eigenvalue weighted by atomic mass is 9.95. The van der Waals surface area contributed by atoms with E-state index in [1.165, 1.54) is 5.56 Å². The van der Waals surface area contributed by atoms with Gasteiger partial charge in [0.05, 0.1) is 5.92 Å². The van der Waals surface area contributed by atoms with Gasteiger partial charge in [-0.1, -0.05) is 79.7 Å².